The van der Waals surface area contributed by atoms with Crippen LogP contribution in [0.15, 0.2) is 34.7 Å². The number of thiocarbonyl (C=S) groups is 1. The van der Waals surface area contributed by atoms with E-state index in [1.165, 1.54) is 13.1 Å². The van der Waals surface area contributed by atoms with Crippen LogP contribution in [0.3, 0.4) is 0 Å². The molecule has 1 aliphatic rings. The summed E-state index contributed by atoms with van der Waals surface area (Å²) in [5.74, 6) is 0.625. The van der Waals surface area contributed by atoms with Crippen molar-refractivity contribution in [3.05, 3.63) is 40.9 Å². The predicted molar refractivity (Wildman–Crippen MR) is 108 cm³/mol. The monoisotopic (exact) mass is 414 g/mol. The molecule has 3 N–H and O–H groups in total. The predicted octanol–water partition coefficient (Wildman–Crippen LogP) is 1.26. The van der Waals surface area contributed by atoms with Crippen LogP contribution in [0.5, 0.6) is 0 Å². The van der Waals surface area contributed by atoms with Crippen molar-refractivity contribution in [2.75, 3.05) is 12.9 Å². The van der Waals surface area contributed by atoms with Crippen molar-refractivity contribution in [2.45, 2.75) is 31.3 Å². The number of amides is 1. The van der Waals surface area contributed by atoms with Gasteiger partial charge in [-0.3, -0.25) is 9.52 Å². The molecule has 0 spiro atoms. The average molecular weight is 415 g/mol. The van der Waals surface area contributed by atoms with Gasteiger partial charge in [-0.1, -0.05) is 12.1 Å². The molecule has 1 atom stereocenters. The van der Waals surface area contributed by atoms with Gasteiger partial charge in [0.05, 0.1) is 23.4 Å². The number of nitrogens with zero attached hydrogens (tertiary/aromatic N) is 1. The van der Waals surface area contributed by atoms with E-state index in [9.17, 15) is 13.2 Å². The molecule has 142 valence electrons. The number of hydrogen-bond acceptors (Lipinski definition) is 6. The highest BCUT2D eigenvalue weighted by Gasteiger charge is 2.20. The summed E-state index contributed by atoms with van der Waals surface area (Å²) in [6.07, 6.45) is 1.90. The highest BCUT2D eigenvalue weighted by molar-refractivity contribution is 8.02. The molecule has 1 aromatic carbocycles. The van der Waals surface area contributed by atoms with E-state index >= 15 is 0 Å². The lowest BCUT2D eigenvalue weighted by atomic mass is 10.1. The van der Waals surface area contributed by atoms with Crippen LogP contribution in [0.1, 0.15) is 18.1 Å². The van der Waals surface area contributed by atoms with Crippen molar-refractivity contribution in [1.82, 2.24) is 20.3 Å². The van der Waals surface area contributed by atoms with Gasteiger partial charge >= 0.3 is 0 Å². The van der Waals surface area contributed by atoms with E-state index in [4.69, 9.17) is 12.2 Å². The van der Waals surface area contributed by atoms with Crippen molar-refractivity contribution < 1.29 is 13.2 Å². The SMILES string of the molecule is CNC(=S)NS(=O)(=O)c1cc(CC(=O)NC(C)N2C=CSC2)ccc1C. The van der Waals surface area contributed by atoms with Crippen LogP contribution in [0.2, 0.25) is 0 Å². The molecule has 1 aliphatic heterocycles. The molecule has 1 aromatic rings. The zero-order valence-electron chi connectivity index (χ0n) is 14.8. The highest BCUT2D eigenvalue weighted by atomic mass is 32.2. The van der Waals surface area contributed by atoms with E-state index in [-0.39, 0.29) is 28.5 Å². The van der Waals surface area contributed by atoms with Gasteiger partial charge in [-0.25, -0.2) is 8.42 Å². The van der Waals surface area contributed by atoms with Crippen LogP contribution in [0, 0.1) is 6.92 Å². The lowest BCUT2D eigenvalue weighted by Crippen LogP contribution is -2.43. The first-order valence-electron chi connectivity index (χ1n) is 7.90. The van der Waals surface area contributed by atoms with Crippen molar-refractivity contribution in [3.63, 3.8) is 0 Å². The van der Waals surface area contributed by atoms with Crippen molar-refractivity contribution in [1.29, 1.82) is 0 Å². The fourth-order valence-electron chi connectivity index (χ4n) is 2.36. The molecule has 0 saturated heterocycles. The molecule has 10 heteroatoms. The third-order valence-corrected chi connectivity index (χ3v) is 6.49. The third kappa shape index (κ3) is 5.36. The lowest BCUT2D eigenvalue weighted by Gasteiger charge is -2.24. The fraction of sp³-hybridized carbons (Fsp3) is 0.375. The zero-order chi connectivity index (χ0) is 19.3. The zero-order valence-corrected chi connectivity index (χ0v) is 17.2. The van der Waals surface area contributed by atoms with E-state index in [0.29, 0.717) is 11.1 Å². The van der Waals surface area contributed by atoms with Crippen molar-refractivity contribution >= 4 is 45.0 Å². The summed E-state index contributed by atoms with van der Waals surface area (Å²) in [4.78, 5) is 14.4. The molecular formula is C16H22N4O3S3. The second kappa shape index (κ2) is 8.74. The number of rotatable bonds is 6. The fourth-order valence-corrected chi connectivity index (χ4v) is 4.75. The quantitative estimate of drug-likeness (QED) is 0.604. The molecular weight excluding hydrogens is 392 g/mol. The summed E-state index contributed by atoms with van der Waals surface area (Å²) < 4.78 is 27.2. The van der Waals surface area contributed by atoms with Gasteiger partial charge in [0.15, 0.2) is 5.11 Å². The summed E-state index contributed by atoms with van der Waals surface area (Å²) in [6.45, 7) is 3.60. The number of aryl methyl sites for hydroxylation is 1. The Kier molecular flexibility index (Phi) is 6.90. The Bertz CT molecular complexity index is 824. The van der Waals surface area contributed by atoms with Crippen LogP contribution in [-0.2, 0) is 21.2 Å². The van der Waals surface area contributed by atoms with Gasteiger partial charge in [-0.15, -0.1) is 11.8 Å². The van der Waals surface area contributed by atoms with Crippen molar-refractivity contribution in [3.8, 4) is 0 Å². The third-order valence-electron chi connectivity index (χ3n) is 3.80. The molecule has 1 heterocycles. The maximum absolute atomic E-state index is 12.5. The summed E-state index contributed by atoms with van der Waals surface area (Å²) in [6, 6.07) is 4.94. The highest BCUT2D eigenvalue weighted by Crippen LogP contribution is 2.19. The van der Waals surface area contributed by atoms with Gasteiger partial charge in [0, 0.05) is 13.2 Å². The molecule has 0 saturated carbocycles. The number of carbonyl (C=O) groups excluding carboxylic acids is 1. The van der Waals surface area contributed by atoms with Gasteiger partial charge in [0.1, 0.15) is 0 Å². The molecule has 26 heavy (non-hydrogen) atoms. The minimum Gasteiger partial charge on any atom is -0.365 e. The van der Waals surface area contributed by atoms with Crippen LogP contribution >= 0.6 is 24.0 Å². The standard InChI is InChI=1S/C16H22N4O3S3/c1-11-4-5-13(8-14(11)26(22,23)19-16(24)17-3)9-15(21)18-12(2)20-6-7-25-10-20/h4-8,12H,9-10H2,1-3H3,(H,18,21)(H2,17,19,24). The lowest BCUT2D eigenvalue weighted by molar-refractivity contribution is -0.121. The number of hydrogen-bond donors (Lipinski definition) is 3. The first-order chi connectivity index (χ1) is 12.2. The van der Waals surface area contributed by atoms with Gasteiger partial charge in [0.2, 0.25) is 5.91 Å². The summed E-state index contributed by atoms with van der Waals surface area (Å²) in [5.41, 5.74) is 1.19. The molecule has 0 aliphatic carbocycles. The topological polar surface area (TPSA) is 90.5 Å². The van der Waals surface area contributed by atoms with Gasteiger partial charge in [-0.2, -0.15) is 0 Å². The second-order valence-electron chi connectivity index (χ2n) is 5.80. The summed E-state index contributed by atoms with van der Waals surface area (Å²) in [7, 11) is -2.27. The van der Waals surface area contributed by atoms with E-state index in [0.717, 1.165) is 5.88 Å². The molecule has 1 amide bonds. The minimum atomic E-state index is -3.80. The molecule has 2 rings (SSSR count). The normalized spacial score (nSPS) is 14.8. The summed E-state index contributed by atoms with van der Waals surface area (Å²) in [5, 5.41) is 7.47. The molecule has 0 radical (unpaired) electrons. The Morgan fingerprint density at radius 1 is 1.42 bits per heavy atom. The Labute approximate surface area is 163 Å². The van der Waals surface area contributed by atoms with Gasteiger partial charge in [-0.05, 0) is 48.7 Å². The molecule has 7 nitrogen and oxygen atoms in total. The van der Waals surface area contributed by atoms with Crippen LogP contribution in [0.25, 0.3) is 0 Å². The molecule has 0 fully saturated rings. The molecule has 0 bridgehead atoms. The molecule has 1 unspecified atom stereocenters. The maximum Gasteiger partial charge on any atom is 0.263 e. The van der Waals surface area contributed by atoms with E-state index < -0.39 is 10.0 Å². The first-order valence-corrected chi connectivity index (χ1v) is 10.8. The van der Waals surface area contributed by atoms with E-state index in [2.05, 4.69) is 15.4 Å². The second-order valence-corrected chi connectivity index (χ2v) is 8.72. The smallest absolute Gasteiger partial charge is 0.263 e. The van der Waals surface area contributed by atoms with Crippen molar-refractivity contribution in [2.24, 2.45) is 0 Å². The average Bonchev–Trinajstić information content (AvgIpc) is 3.10. The van der Waals surface area contributed by atoms with Crippen LogP contribution < -0.4 is 15.4 Å². The maximum atomic E-state index is 12.5. The molecule has 0 aromatic heterocycles. The van der Waals surface area contributed by atoms with E-state index in [1.54, 1.807) is 30.8 Å². The number of carbonyl (C=O) groups is 1. The van der Waals surface area contributed by atoms with Crippen LogP contribution in [-0.4, -0.2) is 43.4 Å². The summed E-state index contributed by atoms with van der Waals surface area (Å²) >= 11 is 6.53. The first kappa shape index (κ1) is 20.5. The Morgan fingerprint density at radius 2 is 2.15 bits per heavy atom. The van der Waals surface area contributed by atoms with E-state index in [1.807, 2.05) is 23.4 Å². The number of thioether (sulfide) groups is 1. The number of sulfonamides is 1. The Balaban J connectivity index is 2.09. The Morgan fingerprint density at radius 3 is 2.77 bits per heavy atom. The Hall–Kier alpha value is -1.78. The minimum absolute atomic E-state index is 0.0120. The number of benzene rings is 1. The van der Waals surface area contributed by atoms with Gasteiger partial charge in [0.25, 0.3) is 10.0 Å². The van der Waals surface area contributed by atoms with Crippen LogP contribution in [0.4, 0.5) is 0 Å². The van der Waals surface area contributed by atoms with Gasteiger partial charge < -0.3 is 15.5 Å². The number of nitrogens with one attached hydrogen (secondary N) is 3. The largest absolute Gasteiger partial charge is 0.365 e.